The largest absolute Gasteiger partial charge is 0.378 e. The van der Waals surface area contributed by atoms with Gasteiger partial charge in [0, 0.05) is 19.3 Å². The summed E-state index contributed by atoms with van der Waals surface area (Å²) in [5.74, 6) is 3.55. The minimum Gasteiger partial charge on any atom is -0.378 e. The number of rotatable bonds is 1. The van der Waals surface area contributed by atoms with E-state index in [9.17, 15) is 0 Å². The van der Waals surface area contributed by atoms with Gasteiger partial charge in [-0.05, 0) is 12.1 Å². The minimum atomic E-state index is 0.751. The summed E-state index contributed by atoms with van der Waals surface area (Å²) in [5, 5.41) is 0. The highest BCUT2D eigenvalue weighted by Gasteiger charge is 2.14. The topological polar surface area (TPSA) is 25.4 Å². The first-order valence-corrected chi connectivity index (χ1v) is 4.66. The predicted octanol–water partition coefficient (Wildman–Crippen LogP) is 0.900. The molecule has 1 aliphatic rings. The van der Waals surface area contributed by atoms with Crippen LogP contribution in [0.1, 0.15) is 5.56 Å². The van der Waals surface area contributed by atoms with E-state index in [0.29, 0.717) is 0 Å². The van der Waals surface area contributed by atoms with Crippen LogP contribution in [0.25, 0.3) is 0 Å². The third-order valence-electron chi connectivity index (χ3n) is 2.25. The monoisotopic (exact) mass is 188 g/mol. The smallest absolute Gasteiger partial charge is 0.144 e. The molecule has 2 heterocycles. The van der Waals surface area contributed by atoms with Gasteiger partial charge in [0.1, 0.15) is 5.82 Å². The number of hydrogen-bond acceptors (Lipinski definition) is 3. The Kier molecular flexibility index (Phi) is 2.66. The van der Waals surface area contributed by atoms with Gasteiger partial charge in [-0.2, -0.15) is 0 Å². The fourth-order valence-corrected chi connectivity index (χ4v) is 1.54. The fraction of sp³-hybridized carbons (Fsp3) is 0.364. The molecule has 1 saturated heterocycles. The van der Waals surface area contributed by atoms with Gasteiger partial charge in [0.05, 0.1) is 18.8 Å². The molecule has 0 N–H and O–H groups in total. The average molecular weight is 188 g/mol. The molecule has 0 bridgehead atoms. The van der Waals surface area contributed by atoms with Crippen molar-refractivity contribution in [2.75, 3.05) is 31.2 Å². The number of aromatic nitrogens is 1. The lowest BCUT2D eigenvalue weighted by atomic mass is 10.2. The van der Waals surface area contributed by atoms with Gasteiger partial charge in [-0.15, -0.1) is 6.42 Å². The molecule has 0 saturated carbocycles. The van der Waals surface area contributed by atoms with Gasteiger partial charge < -0.3 is 9.64 Å². The third kappa shape index (κ3) is 1.70. The maximum absolute atomic E-state index is 5.41. The molecule has 1 aliphatic heterocycles. The van der Waals surface area contributed by atoms with Crippen LogP contribution < -0.4 is 4.90 Å². The predicted molar refractivity (Wildman–Crippen MR) is 55.2 cm³/mol. The zero-order valence-electron chi connectivity index (χ0n) is 7.94. The van der Waals surface area contributed by atoms with E-state index in [1.54, 1.807) is 6.20 Å². The second-order valence-corrected chi connectivity index (χ2v) is 3.12. The molecule has 1 aromatic rings. The molecule has 3 heteroatoms. The second-order valence-electron chi connectivity index (χ2n) is 3.12. The third-order valence-corrected chi connectivity index (χ3v) is 2.25. The molecule has 0 spiro atoms. The maximum atomic E-state index is 5.41. The van der Waals surface area contributed by atoms with Crippen LogP contribution in [0.3, 0.4) is 0 Å². The Morgan fingerprint density at radius 2 is 2.21 bits per heavy atom. The van der Waals surface area contributed by atoms with Gasteiger partial charge >= 0.3 is 0 Å². The lowest BCUT2D eigenvalue weighted by Gasteiger charge is -2.28. The lowest BCUT2D eigenvalue weighted by molar-refractivity contribution is 0.122. The van der Waals surface area contributed by atoms with Crippen LogP contribution in [-0.4, -0.2) is 31.3 Å². The Morgan fingerprint density at radius 1 is 1.43 bits per heavy atom. The van der Waals surface area contributed by atoms with E-state index in [2.05, 4.69) is 15.8 Å². The summed E-state index contributed by atoms with van der Waals surface area (Å²) < 4.78 is 5.27. The highest BCUT2D eigenvalue weighted by Crippen LogP contribution is 2.16. The molecule has 72 valence electrons. The normalized spacial score (nSPS) is 16.4. The van der Waals surface area contributed by atoms with Crippen molar-refractivity contribution in [2.45, 2.75) is 0 Å². The second kappa shape index (κ2) is 4.12. The quantitative estimate of drug-likeness (QED) is 0.612. The Hall–Kier alpha value is -1.53. The summed E-state index contributed by atoms with van der Waals surface area (Å²) >= 11 is 0. The van der Waals surface area contributed by atoms with Crippen LogP contribution in [0.2, 0.25) is 0 Å². The lowest BCUT2D eigenvalue weighted by Crippen LogP contribution is -2.37. The summed E-state index contributed by atoms with van der Waals surface area (Å²) in [6.45, 7) is 3.23. The van der Waals surface area contributed by atoms with Crippen molar-refractivity contribution < 1.29 is 4.74 Å². The van der Waals surface area contributed by atoms with Crippen molar-refractivity contribution in [1.82, 2.24) is 4.98 Å². The number of morpholine rings is 1. The van der Waals surface area contributed by atoms with Gasteiger partial charge in [-0.25, -0.2) is 4.98 Å². The van der Waals surface area contributed by atoms with Gasteiger partial charge in [-0.3, -0.25) is 0 Å². The van der Waals surface area contributed by atoms with Crippen molar-refractivity contribution in [2.24, 2.45) is 0 Å². The van der Waals surface area contributed by atoms with Crippen LogP contribution in [-0.2, 0) is 4.74 Å². The van der Waals surface area contributed by atoms with Crippen LogP contribution in [0.15, 0.2) is 18.3 Å². The highest BCUT2D eigenvalue weighted by molar-refractivity contribution is 5.54. The van der Waals surface area contributed by atoms with Crippen LogP contribution >= 0.6 is 0 Å². The fourth-order valence-electron chi connectivity index (χ4n) is 1.54. The van der Waals surface area contributed by atoms with Gasteiger partial charge in [-0.1, -0.05) is 5.92 Å². The van der Waals surface area contributed by atoms with E-state index in [1.165, 1.54) is 0 Å². The van der Waals surface area contributed by atoms with E-state index >= 15 is 0 Å². The summed E-state index contributed by atoms with van der Waals surface area (Å²) in [4.78, 5) is 6.47. The van der Waals surface area contributed by atoms with E-state index < -0.39 is 0 Å². The molecule has 14 heavy (non-hydrogen) atoms. The number of pyridine rings is 1. The number of hydrogen-bond donors (Lipinski definition) is 0. The van der Waals surface area contributed by atoms with Gasteiger partial charge in [0.25, 0.3) is 0 Å². The van der Waals surface area contributed by atoms with E-state index in [1.807, 2.05) is 12.1 Å². The van der Waals surface area contributed by atoms with Crippen LogP contribution in [0, 0.1) is 12.3 Å². The molecule has 0 aliphatic carbocycles. The van der Waals surface area contributed by atoms with Crippen LogP contribution in [0.4, 0.5) is 5.82 Å². The molecular weight excluding hydrogens is 176 g/mol. The number of nitrogens with zero attached hydrogens (tertiary/aromatic N) is 2. The molecule has 0 amide bonds. The zero-order valence-corrected chi connectivity index (χ0v) is 7.94. The molecule has 0 atom stereocenters. The summed E-state index contributed by atoms with van der Waals surface area (Å²) in [7, 11) is 0. The van der Waals surface area contributed by atoms with Crippen molar-refractivity contribution in [3.05, 3.63) is 23.9 Å². The number of anilines is 1. The Labute approximate surface area is 83.7 Å². The molecule has 3 nitrogen and oxygen atoms in total. The minimum absolute atomic E-state index is 0.751. The molecule has 0 aromatic carbocycles. The molecule has 2 rings (SSSR count). The maximum Gasteiger partial charge on any atom is 0.144 e. The Morgan fingerprint density at radius 3 is 2.93 bits per heavy atom. The van der Waals surface area contributed by atoms with E-state index in [0.717, 1.165) is 37.7 Å². The number of terminal acetylenes is 1. The molecule has 1 fully saturated rings. The standard InChI is InChI=1S/C11H12N2O/c1-2-10-4-3-5-12-11(10)13-6-8-14-9-7-13/h1,3-5H,6-9H2. The van der Waals surface area contributed by atoms with Crippen LogP contribution in [0.5, 0.6) is 0 Å². The van der Waals surface area contributed by atoms with E-state index in [-0.39, 0.29) is 0 Å². The zero-order chi connectivity index (χ0) is 9.80. The highest BCUT2D eigenvalue weighted by atomic mass is 16.5. The molecule has 0 radical (unpaired) electrons. The Bertz CT molecular complexity index is 351. The molecular formula is C11H12N2O. The first kappa shape index (κ1) is 9.04. The average Bonchev–Trinajstić information content (AvgIpc) is 2.30. The summed E-state index contributed by atoms with van der Waals surface area (Å²) in [6, 6.07) is 3.77. The Balaban J connectivity index is 2.26. The van der Waals surface area contributed by atoms with Gasteiger partial charge in [0.2, 0.25) is 0 Å². The summed E-state index contributed by atoms with van der Waals surface area (Å²) in [5.41, 5.74) is 0.856. The first-order chi connectivity index (χ1) is 6.92. The van der Waals surface area contributed by atoms with Crippen molar-refractivity contribution in [1.29, 1.82) is 0 Å². The molecule has 1 aromatic heterocycles. The van der Waals surface area contributed by atoms with Crippen molar-refractivity contribution in [3.63, 3.8) is 0 Å². The first-order valence-electron chi connectivity index (χ1n) is 4.66. The molecule has 0 unspecified atom stereocenters. The number of ether oxygens (including phenoxy) is 1. The van der Waals surface area contributed by atoms with Crippen molar-refractivity contribution >= 4 is 5.82 Å². The van der Waals surface area contributed by atoms with Gasteiger partial charge in [0.15, 0.2) is 0 Å². The summed E-state index contributed by atoms with van der Waals surface area (Å²) in [6.07, 6.45) is 7.18. The van der Waals surface area contributed by atoms with E-state index in [4.69, 9.17) is 11.2 Å². The SMILES string of the molecule is C#Cc1cccnc1N1CCOCC1. The van der Waals surface area contributed by atoms with Crippen molar-refractivity contribution in [3.8, 4) is 12.3 Å².